The van der Waals surface area contributed by atoms with Gasteiger partial charge in [-0.1, -0.05) is 0 Å². The summed E-state index contributed by atoms with van der Waals surface area (Å²) < 4.78 is 0. The standard InChI is InChI=1S/C2HO2.W/c3-1-2-4;/h1H;/q-1;. The zero-order valence-electron chi connectivity index (χ0n) is 2.30. The maximum Gasteiger partial charge on any atom is 0.00115 e. The number of carbonyl (C=O) groups excluding carboxylic acids is 2. The van der Waals surface area contributed by atoms with Gasteiger partial charge in [-0.15, -0.1) is 0 Å². The average Bonchev–Trinajstić information content (AvgIpc) is 1.37. The molecular formula is C2HO2W-. The van der Waals surface area contributed by atoms with Crippen molar-refractivity contribution in [2.24, 2.45) is 0 Å². The van der Waals surface area contributed by atoms with Gasteiger partial charge in [0.25, 0.3) is 0 Å². The van der Waals surface area contributed by atoms with Gasteiger partial charge in [0.1, 0.15) is 0 Å². The molecule has 0 saturated heterocycles. The third-order valence-electron chi connectivity index (χ3n) is 0.0481. The molecule has 2 nitrogen and oxygen atoms in total. The monoisotopic (exact) mass is 241 g/mol. The summed E-state index contributed by atoms with van der Waals surface area (Å²) in [4.78, 5) is 17.4. The van der Waals surface area contributed by atoms with Crippen LogP contribution >= 0.6 is 0 Å². The Kier molecular flexibility index (Phi) is 16.0. The molecule has 3 heteroatoms. The van der Waals surface area contributed by atoms with Gasteiger partial charge in [-0.2, -0.15) is 6.29 Å². The summed E-state index contributed by atoms with van der Waals surface area (Å²) in [6.45, 7) is 0. The van der Waals surface area contributed by atoms with E-state index < -0.39 is 0 Å². The van der Waals surface area contributed by atoms with Crippen molar-refractivity contribution >= 4 is 12.6 Å². The first kappa shape index (κ1) is 8.90. The summed E-state index contributed by atoms with van der Waals surface area (Å²) in [6, 6.07) is 0. The van der Waals surface area contributed by atoms with Gasteiger partial charge in [-0.05, 0) is 0 Å². The summed E-state index contributed by atoms with van der Waals surface area (Å²) in [7, 11) is 0. The predicted octanol–water partition coefficient (Wildman–Crippen LogP) is -0.708. The molecule has 0 aliphatic carbocycles. The van der Waals surface area contributed by atoms with Crippen LogP contribution in [0.5, 0.6) is 0 Å². The average molecular weight is 241 g/mol. The zero-order chi connectivity index (χ0) is 3.41. The van der Waals surface area contributed by atoms with Crippen molar-refractivity contribution in [2.75, 3.05) is 0 Å². The Morgan fingerprint density at radius 2 is 1.80 bits per heavy atom. The Labute approximate surface area is 43.8 Å². The minimum absolute atomic E-state index is 0. The van der Waals surface area contributed by atoms with Crippen LogP contribution in [0.1, 0.15) is 0 Å². The maximum absolute atomic E-state index is 8.75. The fourth-order valence-electron chi connectivity index (χ4n) is 0. The molecule has 0 heterocycles. The van der Waals surface area contributed by atoms with Crippen molar-refractivity contribution in [1.82, 2.24) is 0 Å². The second kappa shape index (κ2) is 8.98. The molecule has 0 N–H and O–H groups in total. The molecule has 0 aromatic rings. The molecule has 0 aromatic carbocycles. The van der Waals surface area contributed by atoms with Crippen molar-refractivity contribution in [3.05, 3.63) is 0 Å². The van der Waals surface area contributed by atoms with Crippen LogP contribution in [0.15, 0.2) is 0 Å². The molecule has 5 heavy (non-hydrogen) atoms. The molecule has 0 atom stereocenters. The Morgan fingerprint density at radius 1 is 1.60 bits per heavy atom. The number of hydrogen-bond donors (Lipinski definition) is 0. The van der Waals surface area contributed by atoms with Crippen LogP contribution in [-0.4, -0.2) is 12.6 Å². The first-order valence-electron chi connectivity index (χ1n) is 0.729. The van der Waals surface area contributed by atoms with Crippen molar-refractivity contribution < 1.29 is 30.7 Å². The summed E-state index contributed by atoms with van der Waals surface area (Å²) in [5.74, 6) is 0. The number of rotatable bonds is 1. The van der Waals surface area contributed by atoms with E-state index in [1.165, 1.54) is 0 Å². The van der Waals surface area contributed by atoms with Gasteiger partial charge in [0.2, 0.25) is 0 Å². The van der Waals surface area contributed by atoms with Crippen molar-refractivity contribution in [1.29, 1.82) is 0 Å². The van der Waals surface area contributed by atoms with E-state index >= 15 is 0 Å². The van der Waals surface area contributed by atoms with Crippen LogP contribution in [-0.2, 0) is 30.7 Å². The van der Waals surface area contributed by atoms with E-state index in [9.17, 15) is 0 Å². The summed E-state index contributed by atoms with van der Waals surface area (Å²) in [5, 5.41) is 0. The van der Waals surface area contributed by atoms with Gasteiger partial charge >= 0.3 is 0 Å². The fourth-order valence-corrected chi connectivity index (χ4v) is 0. The van der Waals surface area contributed by atoms with Crippen LogP contribution in [0.2, 0.25) is 0 Å². The van der Waals surface area contributed by atoms with Crippen LogP contribution in [0.3, 0.4) is 0 Å². The molecule has 0 aliphatic rings. The van der Waals surface area contributed by atoms with Crippen LogP contribution in [0.4, 0.5) is 0 Å². The van der Waals surface area contributed by atoms with Crippen LogP contribution < -0.4 is 0 Å². The summed E-state index contributed by atoms with van der Waals surface area (Å²) >= 11 is 0. The molecule has 0 saturated carbocycles. The molecule has 0 fully saturated rings. The Morgan fingerprint density at radius 3 is 1.80 bits per heavy atom. The van der Waals surface area contributed by atoms with E-state index in [2.05, 4.69) is 0 Å². The summed E-state index contributed by atoms with van der Waals surface area (Å²) in [6.07, 6.45) is 1.07. The molecule has 0 aliphatic heterocycles. The van der Waals surface area contributed by atoms with Crippen molar-refractivity contribution in [3.63, 3.8) is 0 Å². The van der Waals surface area contributed by atoms with E-state index in [0.29, 0.717) is 0 Å². The second-order valence-corrected chi connectivity index (χ2v) is 0.236. The van der Waals surface area contributed by atoms with E-state index in [1.54, 1.807) is 0 Å². The van der Waals surface area contributed by atoms with Gasteiger partial charge in [0.15, 0.2) is 0 Å². The number of aldehydes is 1. The normalized spacial score (nSPS) is 4.00. The Hall–Kier alpha value is 0.0283. The van der Waals surface area contributed by atoms with Gasteiger partial charge in [-0.25, -0.2) is 0 Å². The second-order valence-electron chi connectivity index (χ2n) is 0.236. The van der Waals surface area contributed by atoms with Crippen LogP contribution in [0.25, 0.3) is 0 Å². The third-order valence-corrected chi connectivity index (χ3v) is 0.0481. The van der Waals surface area contributed by atoms with E-state index in [0.717, 1.165) is 6.29 Å². The van der Waals surface area contributed by atoms with E-state index in [4.69, 9.17) is 9.59 Å². The van der Waals surface area contributed by atoms with E-state index in [-0.39, 0.29) is 27.4 Å². The summed E-state index contributed by atoms with van der Waals surface area (Å²) in [5.41, 5.74) is 0. The van der Waals surface area contributed by atoms with E-state index in [1.807, 2.05) is 0 Å². The molecule has 0 aromatic heterocycles. The van der Waals surface area contributed by atoms with Gasteiger partial charge < -0.3 is 9.59 Å². The van der Waals surface area contributed by atoms with Crippen molar-refractivity contribution in [2.45, 2.75) is 0 Å². The smallest absolute Gasteiger partial charge is 0.00115 e. The third kappa shape index (κ3) is 15.7. The molecule has 0 spiro atoms. The van der Waals surface area contributed by atoms with Gasteiger partial charge in [0, 0.05) is 27.4 Å². The number of carbonyl (C=O) groups is 1. The maximum atomic E-state index is 8.75. The fraction of sp³-hybridized carbons (Fsp3) is 0. The predicted molar refractivity (Wildman–Crippen MR) is 11.8 cm³/mol. The minimum atomic E-state index is 0. The first-order valence-corrected chi connectivity index (χ1v) is 0.729. The zero-order valence-corrected chi connectivity index (χ0v) is 5.24. The Balaban J connectivity index is 0. The molecular weight excluding hydrogens is 240 g/mol. The van der Waals surface area contributed by atoms with Crippen molar-refractivity contribution in [3.8, 4) is 0 Å². The molecule has 28 valence electrons. The van der Waals surface area contributed by atoms with Gasteiger partial charge in [-0.3, -0.25) is 0 Å². The topological polar surface area (TPSA) is 34.1 Å². The largest absolute Gasteiger partial charge is 0.534 e. The quantitative estimate of drug-likeness (QED) is 0.345. The van der Waals surface area contributed by atoms with Gasteiger partial charge in [0.05, 0.1) is 0 Å². The number of hydrogen-bond acceptors (Lipinski definition) is 2. The first-order chi connectivity index (χ1) is 1.91. The van der Waals surface area contributed by atoms with Crippen LogP contribution in [0, 0.1) is 0 Å². The molecule has 0 rings (SSSR count). The minimum Gasteiger partial charge on any atom is -0.534 e. The molecule has 0 unspecified atom stereocenters. The SMILES string of the molecule is O=[C-]C=O.[W]. The molecule has 0 amide bonds. The molecule has 0 radical (unpaired) electrons. The Bertz CT molecular complexity index is 28.6. The molecule has 0 bridgehead atoms.